The van der Waals surface area contributed by atoms with Gasteiger partial charge in [0.15, 0.2) is 0 Å². The third-order valence-corrected chi connectivity index (χ3v) is 2.83. The summed E-state index contributed by atoms with van der Waals surface area (Å²) in [6.45, 7) is 6.19. The van der Waals surface area contributed by atoms with Crippen molar-refractivity contribution in [3.63, 3.8) is 0 Å². The molecule has 1 aromatic rings. The molecule has 0 saturated heterocycles. The fourth-order valence-corrected chi connectivity index (χ4v) is 1.79. The molecule has 1 rings (SSSR count). The van der Waals surface area contributed by atoms with E-state index in [1.54, 1.807) is 0 Å². The molecule has 0 unspecified atom stereocenters. The van der Waals surface area contributed by atoms with Gasteiger partial charge in [-0.25, -0.2) is 0 Å². The molecule has 0 saturated carbocycles. The Hall–Kier alpha value is -1.35. The molecule has 0 radical (unpaired) electrons. The number of carbonyl (C=O) groups is 1. The zero-order valence-corrected chi connectivity index (χ0v) is 10.7. The minimum Gasteiger partial charge on any atom is -0.370 e. The van der Waals surface area contributed by atoms with E-state index in [4.69, 9.17) is 5.73 Å². The van der Waals surface area contributed by atoms with E-state index >= 15 is 0 Å². The van der Waals surface area contributed by atoms with Crippen LogP contribution in [-0.4, -0.2) is 23.4 Å². The SMILES string of the molecule is CC(C)N(CCCC(N)=O)Cc1ccccc1. The fourth-order valence-electron chi connectivity index (χ4n) is 1.79. The lowest BCUT2D eigenvalue weighted by atomic mass is 10.1. The first-order chi connectivity index (χ1) is 8.09. The largest absolute Gasteiger partial charge is 0.370 e. The van der Waals surface area contributed by atoms with Crippen LogP contribution in [0, 0.1) is 0 Å². The van der Waals surface area contributed by atoms with Gasteiger partial charge in [-0.1, -0.05) is 30.3 Å². The van der Waals surface area contributed by atoms with E-state index < -0.39 is 0 Å². The van der Waals surface area contributed by atoms with Crippen LogP contribution in [0.4, 0.5) is 0 Å². The van der Waals surface area contributed by atoms with Crippen molar-refractivity contribution in [1.29, 1.82) is 0 Å². The predicted octanol–water partition coefficient (Wildman–Crippen LogP) is 2.16. The van der Waals surface area contributed by atoms with Crippen molar-refractivity contribution < 1.29 is 4.79 Å². The summed E-state index contributed by atoms with van der Waals surface area (Å²) in [6.07, 6.45) is 1.30. The number of amides is 1. The fraction of sp³-hybridized carbons (Fsp3) is 0.500. The minimum absolute atomic E-state index is 0.214. The first-order valence-corrected chi connectivity index (χ1v) is 6.16. The van der Waals surface area contributed by atoms with Gasteiger partial charge in [0.05, 0.1) is 0 Å². The molecule has 0 aliphatic heterocycles. The Morgan fingerprint density at radius 1 is 1.29 bits per heavy atom. The van der Waals surface area contributed by atoms with Crippen LogP contribution in [-0.2, 0) is 11.3 Å². The monoisotopic (exact) mass is 234 g/mol. The third kappa shape index (κ3) is 5.50. The molecular weight excluding hydrogens is 212 g/mol. The first kappa shape index (κ1) is 13.7. The predicted molar refractivity (Wildman–Crippen MR) is 70.4 cm³/mol. The molecule has 3 heteroatoms. The van der Waals surface area contributed by atoms with Gasteiger partial charge in [0.1, 0.15) is 0 Å². The molecule has 17 heavy (non-hydrogen) atoms. The summed E-state index contributed by atoms with van der Waals surface area (Å²) in [5.74, 6) is -0.214. The summed E-state index contributed by atoms with van der Waals surface area (Å²) in [7, 11) is 0. The summed E-state index contributed by atoms with van der Waals surface area (Å²) >= 11 is 0. The van der Waals surface area contributed by atoms with Crippen molar-refractivity contribution in [2.45, 2.75) is 39.3 Å². The normalized spacial score (nSPS) is 11.1. The van der Waals surface area contributed by atoms with E-state index in [0.717, 1.165) is 19.5 Å². The quantitative estimate of drug-likeness (QED) is 0.786. The van der Waals surface area contributed by atoms with Crippen LogP contribution in [0.3, 0.4) is 0 Å². The molecule has 0 fully saturated rings. The molecule has 3 nitrogen and oxygen atoms in total. The van der Waals surface area contributed by atoms with Crippen molar-refractivity contribution in [2.75, 3.05) is 6.54 Å². The van der Waals surface area contributed by atoms with Crippen LogP contribution in [0.5, 0.6) is 0 Å². The molecule has 0 aliphatic carbocycles. The van der Waals surface area contributed by atoms with Crippen LogP contribution < -0.4 is 5.73 Å². The van der Waals surface area contributed by atoms with Crippen LogP contribution in [0.15, 0.2) is 30.3 Å². The molecule has 1 amide bonds. The average molecular weight is 234 g/mol. The maximum absolute atomic E-state index is 10.7. The van der Waals surface area contributed by atoms with Gasteiger partial charge in [0.2, 0.25) is 5.91 Å². The van der Waals surface area contributed by atoms with Crippen LogP contribution in [0.2, 0.25) is 0 Å². The van der Waals surface area contributed by atoms with Crippen LogP contribution in [0.25, 0.3) is 0 Å². The topological polar surface area (TPSA) is 46.3 Å². The van der Waals surface area contributed by atoms with E-state index in [9.17, 15) is 4.79 Å². The Bertz CT molecular complexity index is 335. The number of primary amides is 1. The molecule has 1 aromatic carbocycles. The van der Waals surface area contributed by atoms with Gasteiger partial charge in [-0.2, -0.15) is 0 Å². The Balaban J connectivity index is 2.46. The Morgan fingerprint density at radius 2 is 1.94 bits per heavy atom. The van der Waals surface area contributed by atoms with E-state index in [2.05, 4.69) is 43.0 Å². The van der Waals surface area contributed by atoms with Gasteiger partial charge < -0.3 is 5.73 Å². The van der Waals surface area contributed by atoms with Crippen LogP contribution >= 0.6 is 0 Å². The number of carbonyl (C=O) groups excluding carboxylic acids is 1. The lowest BCUT2D eigenvalue weighted by Crippen LogP contribution is -2.31. The van der Waals surface area contributed by atoms with Crippen molar-refractivity contribution in [2.24, 2.45) is 5.73 Å². The summed E-state index contributed by atoms with van der Waals surface area (Å²) in [5.41, 5.74) is 6.46. The zero-order valence-electron chi connectivity index (χ0n) is 10.7. The molecule has 0 aromatic heterocycles. The molecule has 2 N–H and O–H groups in total. The van der Waals surface area contributed by atoms with Crippen molar-refractivity contribution >= 4 is 5.91 Å². The highest BCUT2D eigenvalue weighted by atomic mass is 16.1. The molecule has 0 atom stereocenters. The number of hydrogen-bond donors (Lipinski definition) is 1. The second-order valence-electron chi connectivity index (χ2n) is 4.62. The third-order valence-electron chi connectivity index (χ3n) is 2.83. The van der Waals surface area contributed by atoms with E-state index in [1.165, 1.54) is 5.56 Å². The first-order valence-electron chi connectivity index (χ1n) is 6.16. The molecule has 0 spiro atoms. The molecule has 0 bridgehead atoms. The Morgan fingerprint density at radius 3 is 2.47 bits per heavy atom. The van der Waals surface area contributed by atoms with Gasteiger partial charge >= 0.3 is 0 Å². The highest BCUT2D eigenvalue weighted by molar-refractivity contribution is 5.73. The van der Waals surface area contributed by atoms with Crippen molar-refractivity contribution in [1.82, 2.24) is 4.90 Å². The highest BCUT2D eigenvalue weighted by Gasteiger charge is 2.10. The highest BCUT2D eigenvalue weighted by Crippen LogP contribution is 2.09. The Labute approximate surface area is 104 Å². The minimum atomic E-state index is -0.214. The lowest BCUT2D eigenvalue weighted by molar-refractivity contribution is -0.118. The molecule has 0 heterocycles. The van der Waals surface area contributed by atoms with Crippen LogP contribution in [0.1, 0.15) is 32.3 Å². The van der Waals surface area contributed by atoms with E-state index in [1.807, 2.05) is 6.07 Å². The average Bonchev–Trinajstić information content (AvgIpc) is 2.28. The smallest absolute Gasteiger partial charge is 0.217 e. The number of nitrogens with two attached hydrogens (primary N) is 1. The number of rotatable bonds is 7. The Kier molecular flexibility index (Phi) is 5.70. The second-order valence-corrected chi connectivity index (χ2v) is 4.62. The molecule has 94 valence electrons. The summed E-state index contributed by atoms with van der Waals surface area (Å²) < 4.78 is 0. The summed E-state index contributed by atoms with van der Waals surface area (Å²) in [6, 6.07) is 10.9. The lowest BCUT2D eigenvalue weighted by Gasteiger charge is -2.26. The van der Waals surface area contributed by atoms with Gasteiger partial charge in [-0.15, -0.1) is 0 Å². The maximum Gasteiger partial charge on any atom is 0.217 e. The van der Waals surface area contributed by atoms with Gasteiger partial charge in [-0.3, -0.25) is 9.69 Å². The number of hydrogen-bond acceptors (Lipinski definition) is 2. The number of nitrogens with zero attached hydrogens (tertiary/aromatic N) is 1. The molecule has 0 aliphatic rings. The number of benzene rings is 1. The standard InChI is InChI=1S/C14H22N2O/c1-12(2)16(10-6-9-14(15)17)11-13-7-4-3-5-8-13/h3-5,7-8,12H,6,9-11H2,1-2H3,(H2,15,17). The van der Waals surface area contributed by atoms with E-state index in [0.29, 0.717) is 12.5 Å². The van der Waals surface area contributed by atoms with Gasteiger partial charge in [0.25, 0.3) is 0 Å². The van der Waals surface area contributed by atoms with Gasteiger partial charge in [-0.05, 0) is 32.4 Å². The van der Waals surface area contributed by atoms with Crippen molar-refractivity contribution in [3.05, 3.63) is 35.9 Å². The summed E-state index contributed by atoms with van der Waals surface area (Å²) in [4.78, 5) is 13.1. The van der Waals surface area contributed by atoms with E-state index in [-0.39, 0.29) is 5.91 Å². The molecular formula is C14H22N2O. The summed E-state index contributed by atoms with van der Waals surface area (Å²) in [5, 5.41) is 0. The van der Waals surface area contributed by atoms with Gasteiger partial charge in [0, 0.05) is 19.0 Å². The zero-order chi connectivity index (χ0) is 12.7. The second kappa shape index (κ2) is 7.07. The van der Waals surface area contributed by atoms with Crippen molar-refractivity contribution in [3.8, 4) is 0 Å². The maximum atomic E-state index is 10.7.